The number of piperidine rings is 1. The van der Waals surface area contributed by atoms with E-state index in [1.165, 1.54) is 29.4 Å². The smallest absolute Gasteiger partial charge is 0.422 e. The van der Waals surface area contributed by atoms with Crippen molar-refractivity contribution in [3.63, 3.8) is 0 Å². The van der Waals surface area contributed by atoms with Gasteiger partial charge >= 0.3 is 18.4 Å². The minimum Gasteiger partial charge on any atom is -0.454 e. The molecule has 0 spiro atoms. The Morgan fingerprint density at radius 1 is 1.00 bits per heavy atom. The molecule has 1 amide bonds. The van der Waals surface area contributed by atoms with E-state index < -0.39 is 52.5 Å². The summed E-state index contributed by atoms with van der Waals surface area (Å²) < 4.78 is 110. The van der Waals surface area contributed by atoms with Gasteiger partial charge in [-0.25, -0.2) is 8.42 Å². The number of hydrogen-bond acceptors (Lipinski definition) is 9. The lowest BCUT2D eigenvalue weighted by Gasteiger charge is -2.32. The zero-order chi connectivity index (χ0) is 32.3. The van der Waals surface area contributed by atoms with Gasteiger partial charge in [-0.1, -0.05) is 12.1 Å². The van der Waals surface area contributed by atoms with Crippen molar-refractivity contribution in [2.45, 2.75) is 50.0 Å². The Morgan fingerprint density at radius 2 is 1.68 bits per heavy atom. The van der Waals surface area contributed by atoms with Crippen LogP contribution in [0.4, 0.5) is 49.6 Å². The molecule has 11 nitrogen and oxygen atoms in total. The Balaban J connectivity index is 1.51. The van der Waals surface area contributed by atoms with Gasteiger partial charge in [0.2, 0.25) is 27.8 Å². The summed E-state index contributed by atoms with van der Waals surface area (Å²) in [5, 5.41) is 7.96. The summed E-state index contributed by atoms with van der Waals surface area (Å²) in [6.07, 6.45) is -8.88. The summed E-state index contributed by atoms with van der Waals surface area (Å²) in [4.78, 5) is 23.2. The predicted molar refractivity (Wildman–Crippen MR) is 147 cm³/mol. The number of rotatable bonds is 9. The maximum absolute atomic E-state index is 13.4. The molecule has 1 aliphatic rings. The molecule has 2 aromatic carbocycles. The molecule has 0 saturated carbocycles. The van der Waals surface area contributed by atoms with E-state index in [-0.39, 0.29) is 54.1 Å². The first kappa shape index (κ1) is 32.7. The molecule has 2 heterocycles. The Hall–Kier alpha value is -4.19. The van der Waals surface area contributed by atoms with Crippen LogP contribution in [0.15, 0.2) is 47.4 Å². The second-order valence-electron chi connectivity index (χ2n) is 9.88. The van der Waals surface area contributed by atoms with Crippen molar-refractivity contribution >= 4 is 39.2 Å². The standard InChI is InChI=1S/C26H27F6N7O4S/c1-15-6-7-20(33-16(2)40)21(12-15)44(41,42)39-10-8-18(9-11-39)34-22-36-23(38-24(37-22)43-14-25(27,28)29)35-19-5-3-4-17(13-19)26(30,31)32/h3-7,12-13,18H,8-11,14H2,1-2H3,(H,33,40)(H2,34,35,36,37,38). The number of carbonyl (C=O) groups is 1. The fourth-order valence-corrected chi connectivity index (χ4v) is 5.99. The number of aryl methyl sites for hydroxylation is 1. The van der Waals surface area contributed by atoms with Crippen molar-refractivity contribution in [2.75, 3.05) is 35.6 Å². The third kappa shape index (κ3) is 8.68. The largest absolute Gasteiger partial charge is 0.454 e. The molecule has 3 N–H and O–H groups in total. The highest BCUT2D eigenvalue weighted by atomic mass is 32.2. The fourth-order valence-electron chi connectivity index (χ4n) is 4.29. The molecule has 1 aliphatic heterocycles. The van der Waals surface area contributed by atoms with Crippen molar-refractivity contribution in [3.05, 3.63) is 53.6 Å². The number of aromatic nitrogens is 3. The lowest BCUT2D eigenvalue weighted by atomic mass is 10.1. The molecular weight excluding hydrogens is 620 g/mol. The van der Waals surface area contributed by atoms with Gasteiger partial charge in [0, 0.05) is 31.7 Å². The van der Waals surface area contributed by atoms with Gasteiger partial charge < -0.3 is 20.7 Å². The van der Waals surface area contributed by atoms with Crippen LogP contribution in [0.5, 0.6) is 6.01 Å². The van der Waals surface area contributed by atoms with Crippen LogP contribution in [0, 0.1) is 6.92 Å². The van der Waals surface area contributed by atoms with Gasteiger partial charge in [-0.3, -0.25) is 4.79 Å². The molecule has 238 valence electrons. The highest BCUT2D eigenvalue weighted by Crippen LogP contribution is 2.32. The molecule has 44 heavy (non-hydrogen) atoms. The van der Waals surface area contributed by atoms with Gasteiger partial charge in [0.05, 0.1) is 11.3 Å². The Bertz CT molecular complexity index is 1610. The first-order valence-electron chi connectivity index (χ1n) is 13.0. The molecule has 0 bridgehead atoms. The zero-order valence-corrected chi connectivity index (χ0v) is 24.1. The molecule has 1 saturated heterocycles. The Labute approximate surface area is 248 Å². The van der Waals surface area contributed by atoms with E-state index in [2.05, 4.69) is 35.6 Å². The fraction of sp³-hybridized carbons (Fsp3) is 0.385. The third-order valence-electron chi connectivity index (χ3n) is 6.28. The number of nitrogens with one attached hydrogen (secondary N) is 3. The third-order valence-corrected chi connectivity index (χ3v) is 8.22. The van der Waals surface area contributed by atoms with Crippen molar-refractivity contribution in [1.29, 1.82) is 0 Å². The number of amides is 1. The maximum atomic E-state index is 13.4. The van der Waals surface area contributed by atoms with Gasteiger partial charge in [0.1, 0.15) is 4.90 Å². The van der Waals surface area contributed by atoms with E-state index in [0.717, 1.165) is 18.2 Å². The number of anilines is 4. The molecule has 4 rings (SSSR count). The number of hydrogen-bond donors (Lipinski definition) is 3. The first-order chi connectivity index (χ1) is 20.5. The molecule has 1 fully saturated rings. The lowest BCUT2D eigenvalue weighted by molar-refractivity contribution is -0.154. The van der Waals surface area contributed by atoms with Crippen molar-refractivity contribution in [2.24, 2.45) is 0 Å². The van der Waals surface area contributed by atoms with Gasteiger partial charge in [0.15, 0.2) is 6.61 Å². The second kappa shape index (κ2) is 12.8. The van der Waals surface area contributed by atoms with Gasteiger partial charge in [0.25, 0.3) is 0 Å². The van der Waals surface area contributed by atoms with E-state index in [4.69, 9.17) is 0 Å². The SMILES string of the molecule is CC(=O)Nc1ccc(C)cc1S(=O)(=O)N1CCC(Nc2nc(Nc3cccc(C(F)(F)F)c3)nc(OCC(F)(F)F)n2)CC1. The van der Waals surface area contributed by atoms with E-state index in [1.54, 1.807) is 13.0 Å². The van der Waals surface area contributed by atoms with Crippen LogP contribution in [0.3, 0.4) is 0 Å². The van der Waals surface area contributed by atoms with Gasteiger partial charge in [-0.15, -0.1) is 0 Å². The van der Waals surface area contributed by atoms with Crippen molar-refractivity contribution < 1.29 is 44.3 Å². The average molecular weight is 648 g/mol. The summed E-state index contributed by atoms with van der Waals surface area (Å²) in [5.74, 6) is -1.06. The quantitative estimate of drug-likeness (QED) is 0.271. The molecule has 0 unspecified atom stereocenters. The zero-order valence-electron chi connectivity index (χ0n) is 23.3. The highest BCUT2D eigenvalue weighted by molar-refractivity contribution is 7.89. The van der Waals surface area contributed by atoms with Crippen LogP contribution in [-0.4, -0.2) is 65.5 Å². The summed E-state index contributed by atoms with van der Waals surface area (Å²) in [5.41, 5.74) is -0.255. The number of benzene rings is 2. The lowest BCUT2D eigenvalue weighted by Crippen LogP contribution is -2.42. The van der Waals surface area contributed by atoms with Crippen LogP contribution >= 0.6 is 0 Å². The molecular formula is C26H27F6N7O4S. The minimum atomic E-state index is -4.72. The number of ether oxygens (including phenoxy) is 1. The van der Waals surface area contributed by atoms with Crippen molar-refractivity contribution in [3.8, 4) is 6.01 Å². The van der Waals surface area contributed by atoms with Gasteiger partial charge in [-0.2, -0.15) is 45.6 Å². The summed E-state index contributed by atoms with van der Waals surface area (Å²) in [6, 6.07) is 7.48. The van der Waals surface area contributed by atoms with E-state index in [0.29, 0.717) is 5.56 Å². The number of halogens is 6. The first-order valence-corrected chi connectivity index (χ1v) is 14.5. The number of nitrogens with zero attached hydrogens (tertiary/aromatic N) is 4. The highest BCUT2D eigenvalue weighted by Gasteiger charge is 2.33. The minimum absolute atomic E-state index is 0.0469. The van der Waals surface area contributed by atoms with Crippen LogP contribution in [0.25, 0.3) is 0 Å². The average Bonchev–Trinajstić information content (AvgIpc) is 2.92. The second-order valence-corrected chi connectivity index (χ2v) is 11.8. The van der Waals surface area contributed by atoms with E-state index in [9.17, 15) is 39.6 Å². The van der Waals surface area contributed by atoms with Gasteiger partial charge in [-0.05, 0) is 55.7 Å². The Kier molecular flexibility index (Phi) is 9.53. The molecule has 1 aromatic heterocycles. The van der Waals surface area contributed by atoms with E-state index in [1.807, 2.05) is 0 Å². The summed E-state index contributed by atoms with van der Waals surface area (Å²) >= 11 is 0. The normalized spacial score (nSPS) is 15.1. The summed E-state index contributed by atoms with van der Waals surface area (Å²) in [6.45, 7) is 1.34. The molecule has 0 aliphatic carbocycles. The predicted octanol–water partition coefficient (Wildman–Crippen LogP) is 5.11. The van der Waals surface area contributed by atoms with Crippen LogP contribution in [-0.2, 0) is 21.0 Å². The molecule has 3 aromatic rings. The Morgan fingerprint density at radius 3 is 2.32 bits per heavy atom. The molecule has 18 heteroatoms. The number of alkyl halides is 6. The molecule has 0 radical (unpaired) electrons. The monoisotopic (exact) mass is 647 g/mol. The topological polar surface area (TPSA) is 138 Å². The van der Waals surface area contributed by atoms with Crippen LogP contribution < -0.4 is 20.7 Å². The number of carbonyl (C=O) groups excluding carboxylic acids is 1. The van der Waals surface area contributed by atoms with E-state index >= 15 is 0 Å². The number of sulfonamides is 1. The van der Waals surface area contributed by atoms with Crippen LogP contribution in [0.2, 0.25) is 0 Å². The maximum Gasteiger partial charge on any atom is 0.422 e. The molecule has 0 atom stereocenters. The summed E-state index contributed by atoms with van der Waals surface area (Å²) in [7, 11) is -4.01. The van der Waals surface area contributed by atoms with Crippen molar-refractivity contribution in [1.82, 2.24) is 19.3 Å². The van der Waals surface area contributed by atoms with Crippen LogP contribution in [0.1, 0.15) is 30.9 Å².